The second kappa shape index (κ2) is 3.44. The fourth-order valence-corrected chi connectivity index (χ4v) is 1.91. The summed E-state index contributed by atoms with van der Waals surface area (Å²) in [5.74, 6) is 0.889. The molecule has 0 unspecified atom stereocenters. The monoisotopic (exact) mass is 385 g/mol. The van der Waals surface area contributed by atoms with E-state index in [1.54, 1.807) is 0 Å². The molecule has 1 N–H and O–H groups in total. The van der Waals surface area contributed by atoms with Crippen LogP contribution in [0.25, 0.3) is 11.0 Å². The maximum absolute atomic E-state index is 4.40. The number of aromatic nitrogens is 3. The van der Waals surface area contributed by atoms with Gasteiger partial charge in [0.2, 0.25) is 0 Å². The van der Waals surface area contributed by atoms with Crippen LogP contribution in [0.3, 0.4) is 0 Å². The predicted molar refractivity (Wildman–Crippen MR) is 64.3 cm³/mol. The molecule has 5 heteroatoms. The Morgan fingerprint density at radius 1 is 1.50 bits per heavy atom. The smallest absolute Gasteiger partial charge is 0.138 e. The van der Waals surface area contributed by atoms with Crippen molar-refractivity contribution < 1.29 is 0 Å². The number of hydrogen-bond acceptors (Lipinski definition) is 2. The summed E-state index contributed by atoms with van der Waals surface area (Å²) in [6.45, 7) is 0. The molecule has 0 aliphatic carbocycles. The van der Waals surface area contributed by atoms with Gasteiger partial charge in [0.1, 0.15) is 11.3 Å². The van der Waals surface area contributed by atoms with Crippen LogP contribution in [-0.2, 0) is 4.43 Å². The lowest BCUT2D eigenvalue weighted by atomic mass is 10.4. The van der Waals surface area contributed by atoms with Crippen LogP contribution in [0.15, 0.2) is 12.4 Å². The lowest BCUT2D eigenvalue weighted by Gasteiger charge is -1.93. The molecule has 12 heavy (non-hydrogen) atoms. The number of aromatic amines is 1. The van der Waals surface area contributed by atoms with Gasteiger partial charge in [0.05, 0.1) is 19.7 Å². The second-order valence-corrected chi connectivity index (χ2v) is 4.24. The predicted octanol–water partition coefficient (Wildman–Crippen LogP) is 2.50. The molecule has 2 aromatic heterocycles. The van der Waals surface area contributed by atoms with Crippen molar-refractivity contribution in [2.24, 2.45) is 0 Å². The van der Waals surface area contributed by atoms with Gasteiger partial charge in [-0.2, -0.15) is 0 Å². The average molecular weight is 385 g/mol. The summed E-state index contributed by atoms with van der Waals surface area (Å²) in [6, 6.07) is 0. The first kappa shape index (κ1) is 8.67. The molecule has 0 saturated carbocycles. The number of alkyl halides is 1. The molecule has 62 valence electrons. The van der Waals surface area contributed by atoms with Crippen molar-refractivity contribution in [1.29, 1.82) is 0 Å². The lowest BCUT2D eigenvalue weighted by molar-refractivity contribution is 1.08. The maximum atomic E-state index is 4.40. The number of nitrogens with one attached hydrogen (secondary N) is 1. The fraction of sp³-hybridized carbons (Fsp3) is 0.143. The van der Waals surface area contributed by atoms with E-state index in [2.05, 4.69) is 60.1 Å². The molecule has 0 atom stereocenters. The Labute approximate surface area is 96.7 Å². The van der Waals surface area contributed by atoms with E-state index in [1.807, 2.05) is 12.4 Å². The first-order valence-electron chi connectivity index (χ1n) is 3.35. The zero-order valence-corrected chi connectivity index (χ0v) is 10.3. The molecular formula is C7H5I2N3. The van der Waals surface area contributed by atoms with Crippen molar-refractivity contribution in [3.63, 3.8) is 0 Å². The summed E-state index contributed by atoms with van der Waals surface area (Å²) < 4.78 is 2.01. The van der Waals surface area contributed by atoms with E-state index in [1.165, 1.54) is 0 Å². The molecule has 0 aliphatic heterocycles. The van der Waals surface area contributed by atoms with E-state index in [9.17, 15) is 0 Å². The highest BCUT2D eigenvalue weighted by atomic mass is 127. The van der Waals surface area contributed by atoms with Crippen molar-refractivity contribution >= 4 is 56.2 Å². The van der Waals surface area contributed by atoms with Crippen molar-refractivity contribution in [1.82, 2.24) is 15.0 Å². The van der Waals surface area contributed by atoms with E-state index >= 15 is 0 Å². The Morgan fingerprint density at radius 2 is 2.33 bits per heavy atom. The molecule has 0 saturated heterocycles. The van der Waals surface area contributed by atoms with E-state index in [4.69, 9.17) is 0 Å². The standard InChI is InChI=1S/C7H5I2N3/c8-1-6-11-3-5-7(12-6)4(9)2-10-5/h2-3,10H,1H2. The summed E-state index contributed by atoms with van der Waals surface area (Å²) >= 11 is 4.52. The fourth-order valence-electron chi connectivity index (χ4n) is 0.980. The summed E-state index contributed by atoms with van der Waals surface area (Å²) in [7, 11) is 0. The van der Waals surface area contributed by atoms with Gasteiger partial charge in [-0.15, -0.1) is 0 Å². The number of rotatable bonds is 1. The van der Waals surface area contributed by atoms with Gasteiger partial charge in [-0.05, 0) is 22.6 Å². The van der Waals surface area contributed by atoms with Crippen molar-refractivity contribution in [3.8, 4) is 0 Å². The molecule has 2 rings (SSSR count). The lowest BCUT2D eigenvalue weighted by Crippen LogP contribution is -1.89. The van der Waals surface area contributed by atoms with Gasteiger partial charge in [-0.25, -0.2) is 9.97 Å². The van der Waals surface area contributed by atoms with Gasteiger partial charge in [0.25, 0.3) is 0 Å². The number of H-pyrrole nitrogens is 1. The zero-order valence-electron chi connectivity index (χ0n) is 6.01. The molecule has 0 bridgehead atoms. The number of nitrogens with zero attached hydrogens (tertiary/aromatic N) is 2. The van der Waals surface area contributed by atoms with E-state index in [0.717, 1.165) is 24.9 Å². The topological polar surface area (TPSA) is 41.6 Å². The molecule has 0 fully saturated rings. The van der Waals surface area contributed by atoms with Crippen LogP contribution in [0, 0.1) is 3.57 Å². The van der Waals surface area contributed by atoms with Gasteiger partial charge < -0.3 is 4.98 Å². The highest BCUT2D eigenvalue weighted by Crippen LogP contribution is 2.17. The molecule has 2 aromatic rings. The maximum Gasteiger partial charge on any atom is 0.138 e. The van der Waals surface area contributed by atoms with Crippen LogP contribution in [0.5, 0.6) is 0 Å². The Kier molecular flexibility index (Phi) is 2.49. The Hall–Kier alpha value is 0.0800. The third-order valence-electron chi connectivity index (χ3n) is 1.54. The molecule has 0 amide bonds. The van der Waals surface area contributed by atoms with Crippen LogP contribution >= 0.6 is 45.2 Å². The third-order valence-corrected chi connectivity index (χ3v) is 3.04. The molecule has 2 heterocycles. The van der Waals surface area contributed by atoms with Gasteiger partial charge in [0.15, 0.2) is 0 Å². The van der Waals surface area contributed by atoms with Gasteiger partial charge in [-0.1, -0.05) is 22.6 Å². The number of hydrogen-bond donors (Lipinski definition) is 1. The molecule has 0 aromatic carbocycles. The van der Waals surface area contributed by atoms with Crippen LogP contribution in [0.1, 0.15) is 5.82 Å². The van der Waals surface area contributed by atoms with Crippen LogP contribution in [0.4, 0.5) is 0 Å². The van der Waals surface area contributed by atoms with E-state index in [0.29, 0.717) is 0 Å². The Balaban J connectivity index is 2.71. The summed E-state index contributed by atoms with van der Waals surface area (Å²) in [5, 5.41) is 0. The number of fused-ring (bicyclic) bond motifs is 1. The SMILES string of the molecule is ICc1ncc2[nH]cc(I)c2n1. The highest BCUT2D eigenvalue weighted by Gasteiger charge is 2.03. The van der Waals surface area contributed by atoms with Crippen molar-refractivity contribution in [3.05, 3.63) is 21.8 Å². The normalized spacial score (nSPS) is 10.8. The van der Waals surface area contributed by atoms with Crippen molar-refractivity contribution in [2.45, 2.75) is 4.43 Å². The summed E-state index contributed by atoms with van der Waals surface area (Å²) in [6.07, 6.45) is 3.77. The largest absolute Gasteiger partial charge is 0.358 e. The second-order valence-electron chi connectivity index (χ2n) is 2.32. The quantitative estimate of drug-likeness (QED) is 0.606. The van der Waals surface area contributed by atoms with E-state index in [-0.39, 0.29) is 0 Å². The van der Waals surface area contributed by atoms with Crippen LogP contribution < -0.4 is 0 Å². The minimum atomic E-state index is 0.856. The Bertz CT molecular complexity index is 410. The van der Waals surface area contributed by atoms with Crippen LogP contribution in [0.2, 0.25) is 0 Å². The minimum absolute atomic E-state index is 0.856. The zero-order chi connectivity index (χ0) is 8.55. The van der Waals surface area contributed by atoms with Gasteiger partial charge >= 0.3 is 0 Å². The highest BCUT2D eigenvalue weighted by molar-refractivity contribution is 14.1. The Morgan fingerprint density at radius 3 is 3.08 bits per heavy atom. The summed E-state index contributed by atoms with van der Waals surface area (Å²) in [4.78, 5) is 11.7. The van der Waals surface area contributed by atoms with Crippen molar-refractivity contribution in [2.75, 3.05) is 0 Å². The number of halogens is 2. The molecule has 0 aliphatic rings. The minimum Gasteiger partial charge on any atom is -0.358 e. The van der Waals surface area contributed by atoms with Crippen LogP contribution in [-0.4, -0.2) is 15.0 Å². The molecule has 0 radical (unpaired) electrons. The third kappa shape index (κ3) is 1.43. The van der Waals surface area contributed by atoms with Gasteiger partial charge in [0, 0.05) is 6.20 Å². The molecule has 0 spiro atoms. The van der Waals surface area contributed by atoms with E-state index < -0.39 is 0 Å². The summed E-state index contributed by atoms with van der Waals surface area (Å²) in [5.41, 5.74) is 2.03. The molecule has 3 nitrogen and oxygen atoms in total. The first-order chi connectivity index (χ1) is 5.81. The average Bonchev–Trinajstić information content (AvgIpc) is 2.47. The first-order valence-corrected chi connectivity index (χ1v) is 5.96. The van der Waals surface area contributed by atoms with Gasteiger partial charge in [-0.3, -0.25) is 0 Å². The molecular weight excluding hydrogens is 380 g/mol.